The van der Waals surface area contributed by atoms with Gasteiger partial charge in [0.15, 0.2) is 20.9 Å². The van der Waals surface area contributed by atoms with Crippen molar-refractivity contribution in [3.8, 4) is 0 Å². The summed E-state index contributed by atoms with van der Waals surface area (Å²) in [6.07, 6.45) is -1.00. The number of aromatic nitrogens is 4. The van der Waals surface area contributed by atoms with Gasteiger partial charge in [-0.15, -0.1) is 0 Å². The molecule has 11 heteroatoms. The molecule has 1 aliphatic rings. The van der Waals surface area contributed by atoms with E-state index in [2.05, 4.69) is 46.8 Å². The summed E-state index contributed by atoms with van der Waals surface area (Å²) in [5.41, 5.74) is 12.1. The first-order valence-corrected chi connectivity index (χ1v) is 7.52. The number of ether oxygens (including phenoxy) is 1. The Bertz CT molecular complexity index is 693. The lowest BCUT2D eigenvalue weighted by Gasteiger charge is -2.24. The third-order valence-corrected chi connectivity index (χ3v) is 5.00. The number of hydrogen-bond acceptors (Lipinski definition) is 8. The Kier molecular flexibility index (Phi) is 3.56. The average Bonchev–Trinajstić information content (AvgIpc) is 2.91. The largest absolute Gasteiger partial charge is 0.394 e. The predicted octanol–water partition coefficient (Wildman–Crippen LogP) is -0.273. The number of nitrogens with zero attached hydrogens (tertiary/aromatic N) is 4. The molecule has 1 unspecified atom stereocenters. The number of halogens is 2. The number of imidazole rings is 1. The van der Waals surface area contributed by atoms with E-state index in [4.69, 9.17) is 16.2 Å². The van der Waals surface area contributed by atoms with E-state index in [-0.39, 0.29) is 18.4 Å². The highest BCUT2D eigenvalue weighted by atomic mass is 79.9. The van der Waals surface area contributed by atoms with Gasteiger partial charge in [-0.05, 0) is 0 Å². The van der Waals surface area contributed by atoms with Crippen molar-refractivity contribution in [3.05, 3.63) is 6.33 Å². The van der Waals surface area contributed by atoms with E-state index >= 15 is 0 Å². The van der Waals surface area contributed by atoms with Crippen molar-refractivity contribution in [1.29, 1.82) is 0 Å². The zero-order valence-electron chi connectivity index (χ0n) is 10.5. The smallest absolute Gasteiger partial charge is 0.224 e. The van der Waals surface area contributed by atoms with Crippen LogP contribution in [0.1, 0.15) is 6.23 Å². The van der Waals surface area contributed by atoms with Gasteiger partial charge in [-0.25, -0.2) is 4.98 Å². The minimum atomic E-state index is -1.02. The Morgan fingerprint density at radius 1 is 1.38 bits per heavy atom. The van der Waals surface area contributed by atoms with E-state index in [1.54, 1.807) is 4.57 Å². The molecule has 0 spiro atoms. The Morgan fingerprint density at radius 3 is 2.71 bits per heavy atom. The number of alkyl halides is 2. The van der Waals surface area contributed by atoms with E-state index in [9.17, 15) is 10.2 Å². The van der Waals surface area contributed by atoms with E-state index in [0.29, 0.717) is 11.2 Å². The van der Waals surface area contributed by atoms with E-state index < -0.39 is 21.7 Å². The molecule has 0 aliphatic carbocycles. The number of nitrogen functional groups attached to an aromatic ring is 2. The summed E-state index contributed by atoms with van der Waals surface area (Å²) < 4.78 is 6.20. The molecule has 6 N–H and O–H groups in total. The molecule has 0 saturated carbocycles. The molecular weight excluding hydrogens is 412 g/mol. The molecule has 1 fully saturated rings. The fourth-order valence-electron chi connectivity index (χ4n) is 2.25. The van der Waals surface area contributed by atoms with Crippen LogP contribution in [0.3, 0.4) is 0 Å². The van der Waals surface area contributed by atoms with Crippen LogP contribution in [0.25, 0.3) is 11.2 Å². The van der Waals surface area contributed by atoms with Crippen molar-refractivity contribution in [1.82, 2.24) is 19.5 Å². The minimum absolute atomic E-state index is 0.00810. The molecule has 3 heterocycles. The van der Waals surface area contributed by atoms with Crippen LogP contribution in [0.4, 0.5) is 11.8 Å². The van der Waals surface area contributed by atoms with Gasteiger partial charge >= 0.3 is 0 Å². The number of nitrogens with two attached hydrogens (primary N) is 2. The molecule has 0 bridgehead atoms. The third kappa shape index (κ3) is 2.19. The second kappa shape index (κ2) is 5.02. The lowest BCUT2D eigenvalue weighted by molar-refractivity contribution is -0.0432. The summed E-state index contributed by atoms with van der Waals surface area (Å²) in [4.78, 5) is 12.1. The van der Waals surface area contributed by atoms with Crippen molar-refractivity contribution in [2.24, 2.45) is 0 Å². The van der Waals surface area contributed by atoms with Crippen molar-refractivity contribution < 1.29 is 14.9 Å². The maximum Gasteiger partial charge on any atom is 0.224 e. The molecule has 0 aromatic carbocycles. The van der Waals surface area contributed by atoms with Crippen molar-refractivity contribution in [2.45, 2.75) is 21.7 Å². The number of fused-ring (bicyclic) bond motifs is 1. The van der Waals surface area contributed by atoms with E-state index in [1.807, 2.05) is 0 Å². The number of rotatable bonds is 2. The zero-order valence-corrected chi connectivity index (χ0v) is 13.7. The average molecular weight is 424 g/mol. The van der Waals surface area contributed by atoms with Crippen molar-refractivity contribution in [2.75, 3.05) is 18.1 Å². The molecule has 114 valence electrons. The molecular formula is C10H12Br2N6O3. The fourth-order valence-corrected chi connectivity index (χ4v) is 3.49. The van der Waals surface area contributed by atoms with Crippen LogP contribution in [0, 0.1) is 0 Å². The molecule has 9 nitrogen and oxygen atoms in total. The molecule has 21 heavy (non-hydrogen) atoms. The third-order valence-electron chi connectivity index (χ3n) is 3.28. The Hall–Kier alpha value is -1.01. The molecule has 2 aromatic heterocycles. The van der Waals surface area contributed by atoms with Gasteiger partial charge in [0, 0.05) is 0 Å². The molecule has 0 amide bonds. The maximum atomic E-state index is 10.2. The standard InChI is InChI=1S/C10H12Br2N6O3/c11-10(12)5(20)3(1-19)21-8(10)18-2-15-4-6(13)16-9(14)17-7(4)18/h2-3,5,8,19-20H,1H2,(H4,13,14,16,17)/t3-,5?,8-/m1/s1. The van der Waals surface area contributed by atoms with Gasteiger partial charge in [-0.1, -0.05) is 31.9 Å². The number of aliphatic hydroxyl groups excluding tert-OH is 2. The maximum absolute atomic E-state index is 10.2. The summed E-state index contributed by atoms with van der Waals surface area (Å²) >= 11 is 6.75. The SMILES string of the molecule is Nc1nc(N)c2ncn([C@@H]3O[C@H](CO)C(O)C3(Br)Br)c2n1. The van der Waals surface area contributed by atoms with E-state index in [1.165, 1.54) is 6.33 Å². The quantitative estimate of drug-likeness (QED) is 0.482. The molecule has 1 saturated heterocycles. The van der Waals surface area contributed by atoms with Crippen LogP contribution in [0.5, 0.6) is 0 Å². The van der Waals surface area contributed by atoms with E-state index in [0.717, 1.165) is 0 Å². The second-order valence-corrected chi connectivity index (χ2v) is 8.31. The van der Waals surface area contributed by atoms with Gasteiger partial charge in [0.05, 0.1) is 12.9 Å². The normalized spacial score (nSPS) is 28.3. The molecule has 2 aromatic rings. The van der Waals surface area contributed by atoms with Crippen molar-refractivity contribution >= 4 is 54.8 Å². The Morgan fingerprint density at radius 2 is 2.10 bits per heavy atom. The monoisotopic (exact) mass is 422 g/mol. The first-order chi connectivity index (χ1) is 9.86. The fraction of sp³-hybridized carbons (Fsp3) is 0.500. The van der Waals surface area contributed by atoms with Crippen LogP contribution in [-0.4, -0.2) is 51.8 Å². The molecule has 3 rings (SSSR count). The van der Waals surface area contributed by atoms with Gasteiger partial charge in [0.25, 0.3) is 0 Å². The first kappa shape index (κ1) is 14.9. The van der Waals surface area contributed by atoms with Gasteiger partial charge in [-0.2, -0.15) is 9.97 Å². The summed E-state index contributed by atoms with van der Waals surface area (Å²) in [5, 5.41) is 19.4. The highest BCUT2D eigenvalue weighted by Crippen LogP contribution is 2.50. The number of aliphatic hydroxyl groups is 2. The highest BCUT2D eigenvalue weighted by molar-refractivity contribution is 9.25. The van der Waals surface area contributed by atoms with Crippen LogP contribution < -0.4 is 11.5 Å². The summed E-state index contributed by atoms with van der Waals surface area (Å²) in [7, 11) is 0. The minimum Gasteiger partial charge on any atom is -0.394 e. The lowest BCUT2D eigenvalue weighted by Crippen LogP contribution is -2.36. The van der Waals surface area contributed by atoms with Gasteiger partial charge < -0.3 is 26.4 Å². The lowest BCUT2D eigenvalue weighted by atomic mass is 10.2. The van der Waals surface area contributed by atoms with Crippen molar-refractivity contribution in [3.63, 3.8) is 0 Å². The van der Waals surface area contributed by atoms with Gasteiger partial charge in [-0.3, -0.25) is 4.57 Å². The summed E-state index contributed by atoms with van der Waals surface area (Å²) in [6.45, 7) is -0.331. The molecule has 1 aliphatic heterocycles. The Labute approximate surface area is 135 Å². The molecule has 0 radical (unpaired) electrons. The molecule has 3 atom stereocenters. The Balaban J connectivity index is 2.13. The first-order valence-electron chi connectivity index (χ1n) is 5.94. The predicted molar refractivity (Wildman–Crippen MR) is 81.7 cm³/mol. The summed E-state index contributed by atoms with van der Waals surface area (Å²) in [6, 6.07) is 0. The van der Waals surface area contributed by atoms with Crippen LogP contribution in [0.15, 0.2) is 6.33 Å². The van der Waals surface area contributed by atoms with Gasteiger partial charge in [0.2, 0.25) is 5.95 Å². The van der Waals surface area contributed by atoms with Crippen LogP contribution in [0.2, 0.25) is 0 Å². The summed E-state index contributed by atoms with van der Waals surface area (Å²) in [5.74, 6) is 0.164. The second-order valence-electron chi connectivity index (χ2n) is 4.62. The van der Waals surface area contributed by atoms with Gasteiger partial charge in [0.1, 0.15) is 17.7 Å². The highest BCUT2D eigenvalue weighted by Gasteiger charge is 2.54. The van der Waals surface area contributed by atoms with Crippen LogP contribution in [-0.2, 0) is 4.74 Å². The van der Waals surface area contributed by atoms with Crippen LogP contribution >= 0.6 is 31.9 Å². The number of anilines is 2. The topological polar surface area (TPSA) is 145 Å². The zero-order chi connectivity index (χ0) is 15.4. The number of hydrogen-bond donors (Lipinski definition) is 4.